The standard InChI is InChI=1S/C20H14Cl2N4O2/c21-15-6-5-14(16(22)9-15)11-23-19-10-17(25-18-7-8-24-26(18)19)12-1-3-13(4-2-12)20(27)28/h1-10,23H,11H2,(H,27,28). The molecule has 0 aliphatic rings. The first-order valence-corrected chi connectivity index (χ1v) is 9.13. The lowest BCUT2D eigenvalue weighted by molar-refractivity contribution is 0.0697. The Balaban J connectivity index is 1.68. The Bertz CT molecular complexity index is 1170. The second-order valence-electron chi connectivity index (χ2n) is 6.10. The highest BCUT2D eigenvalue weighted by Gasteiger charge is 2.10. The number of carbonyl (C=O) groups is 1. The minimum atomic E-state index is -0.965. The third kappa shape index (κ3) is 3.65. The van der Waals surface area contributed by atoms with Gasteiger partial charge in [0.05, 0.1) is 17.5 Å². The number of benzene rings is 2. The van der Waals surface area contributed by atoms with Gasteiger partial charge in [-0.25, -0.2) is 9.78 Å². The van der Waals surface area contributed by atoms with Crippen LogP contribution in [0.4, 0.5) is 5.82 Å². The molecular weight excluding hydrogens is 399 g/mol. The zero-order valence-corrected chi connectivity index (χ0v) is 15.9. The lowest BCUT2D eigenvalue weighted by Crippen LogP contribution is -2.07. The number of nitrogens with one attached hydrogen (secondary N) is 1. The van der Waals surface area contributed by atoms with Crippen LogP contribution in [0.1, 0.15) is 15.9 Å². The third-order valence-electron chi connectivity index (χ3n) is 4.26. The van der Waals surface area contributed by atoms with Gasteiger partial charge in [-0.15, -0.1) is 0 Å². The molecule has 140 valence electrons. The molecule has 0 amide bonds. The van der Waals surface area contributed by atoms with E-state index in [9.17, 15) is 4.79 Å². The highest BCUT2D eigenvalue weighted by atomic mass is 35.5. The molecule has 0 saturated heterocycles. The third-order valence-corrected chi connectivity index (χ3v) is 4.85. The van der Waals surface area contributed by atoms with E-state index in [-0.39, 0.29) is 5.56 Å². The number of carboxylic acid groups (broad SMARTS) is 1. The summed E-state index contributed by atoms with van der Waals surface area (Å²) in [6, 6.07) is 15.6. The van der Waals surface area contributed by atoms with Gasteiger partial charge in [-0.05, 0) is 29.8 Å². The van der Waals surface area contributed by atoms with Gasteiger partial charge in [0.25, 0.3) is 0 Å². The molecular formula is C20H14Cl2N4O2. The van der Waals surface area contributed by atoms with Gasteiger partial charge in [0.1, 0.15) is 5.82 Å². The van der Waals surface area contributed by atoms with Crippen LogP contribution in [0.2, 0.25) is 10.0 Å². The Morgan fingerprint density at radius 2 is 1.86 bits per heavy atom. The monoisotopic (exact) mass is 412 g/mol. The highest BCUT2D eigenvalue weighted by molar-refractivity contribution is 6.35. The number of carboxylic acids is 1. The quantitative estimate of drug-likeness (QED) is 0.481. The van der Waals surface area contributed by atoms with Gasteiger partial charge in [0.2, 0.25) is 0 Å². The molecule has 2 N–H and O–H groups in total. The molecule has 4 rings (SSSR count). The number of fused-ring (bicyclic) bond motifs is 1. The maximum atomic E-state index is 11.1. The molecule has 0 aliphatic carbocycles. The van der Waals surface area contributed by atoms with Crippen LogP contribution in [-0.4, -0.2) is 25.7 Å². The average molecular weight is 413 g/mol. The van der Waals surface area contributed by atoms with Crippen molar-refractivity contribution in [2.75, 3.05) is 5.32 Å². The predicted octanol–water partition coefficient (Wildman–Crippen LogP) is 5.01. The van der Waals surface area contributed by atoms with Crippen LogP contribution in [0.3, 0.4) is 0 Å². The van der Waals surface area contributed by atoms with Crippen LogP contribution in [0.25, 0.3) is 16.9 Å². The van der Waals surface area contributed by atoms with Gasteiger partial charge in [-0.3, -0.25) is 0 Å². The van der Waals surface area contributed by atoms with Crippen molar-refractivity contribution in [2.45, 2.75) is 6.54 Å². The molecule has 0 fully saturated rings. The van der Waals surface area contributed by atoms with Gasteiger partial charge >= 0.3 is 5.97 Å². The van der Waals surface area contributed by atoms with Crippen LogP contribution in [-0.2, 0) is 6.54 Å². The summed E-state index contributed by atoms with van der Waals surface area (Å²) in [5.41, 5.74) is 3.31. The van der Waals surface area contributed by atoms with E-state index in [4.69, 9.17) is 28.3 Å². The van der Waals surface area contributed by atoms with E-state index in [2.05, 4.69) is 15.4 Å². The number of rotatable bonds is 5. The number of aromatic nitrogens is 3. The molecule has 2 aromatic heterocycles. The first-order chi connectivity index (χ1) is 13.5. The fraction of sp³-hybridized carbons (Fsp3) is 0.0500. The molecule has 0 bridgehead atoms. The molecule has 28 heavy (non-hydrogen) atoms. The summed E-state index contributed by atoms with van der Waals surface area (Å²) in [6.45, 7) is 0.479. The molecule has 6 nitrogen and oxygen atoms in total. The van der Waals surface area contributed by atoms with Gasteiger partial charge in [-0.2, -0.15) is 9.61 Å². The van der Waals surface area contributed by atoms with Crippen molar-refractivity contribution < 1.29 is 9.90 Å². The van der Waals surface area contributed by atoms with E-state index < -0.39 is 5.97 Å². The summed E-state index contributed by atoms with van der Waals surface area (Å²) in [5, 5.41) is 17.9. The molecule has 4 aromatic rings. The second kappa shape index (κ2) is 7.50. The predicted molar refractivity (Wildman–Crippen MR) is 109 cm³/mol. The van der Waals surface area contributed by atoms with Crippen molar-refractivity contribution in [1.82, 2.24) is 14.6 Å². The van der Waals surface area contributed by atoms with Crippen LogP contribution in [0.5, 0.6) is 0 Å². The Labute approximate surface area is 170 Å². The largest absolute Gasteiger partial charge is 0.478 e. The van der Waals surface area contributed by atoms with E-state index in [0.717, 1.165) is 16.9 Å². The molecule has 0 unspecified atom stereocenters. The van der Waals surface area contributed by atoms with Crippen molar-refractivity contribution in [3.8, 4) is 11.3 Å². The van der Waals surface area contributed by atoms with Crippen molar-refractivity contribution in [3.05, 3.63) is 82.0 Å². The van der Waals surface area contributed by atoms with Gasteiger partial charge in [0.15, 0.2) is 5.65 Å². The van der Waals surface area contributed by atoms with E-state index in [0.29, 0.717) is 27.9 Å². The summed E-state index contributed by atoms with van der Waals surface area (Å²) in [5.74, 6) is -0.230. The maximum Gasteiger partial charge on any atom is 0.335 e. The van der Waals surface area contributed by atoms with Gasteiger partial charge in [0, 0.05) is 34.3 Å². The van der Waals surface area contributed by atoms with E-state index in [1.807, 2.05) is 12.1 Å². The Morgan fingerprint density at radius 1 is 1.07 bits per heavy atom. The molecule has 8 heteroatoms. The Kier molecular flexibility index (Phi) is 4.90. The zero-order chi connectivity index (χ0) is 19.7. The number of nitrogens with zero attached hydrogens (tertiary/aromatic N) is 3. The minimum absolute atomic E-state index is 0.227. The first-order valence-electron chi connectivity index (χ1n) is 8.37. The summed E-state index contributed by atoms with van der Waals surface area (Å²) in [4.78, 5) is 15.6. The Morgan fingerprint density at radius 3 is 2.57 bits per heavy atom. The molecule has 2 aromatic carbocycles. The van der Waals surface area contributed by atoms with Crippen LogP contribution >= 0.6 is 23.2 Å². The van der Waals surface area contributed by atoms with Gasteiger partial charge < -0.3 is 10.4 Å². The molecule has 2 heterocycles. The summed E-state index contributed by atoms with van der Waals surface area (Å²) < 4.78 is 1.69. The van der Waals surface area contributed by atoms with Crippen molar-refractivity contribution >= 4 is 40.6 Å². The molecule has 0 spiro atoms. The fourth-order valence-electron chi connectivity index (χ4n) is 2.82. The van der Waals surface area contributed by atoms with Gasteiger partial charge in [-0.1, -0.05) is 41.4 Å². The minimum Gasteiger partial charge on any atom is -0.478 e. The maximum absolute atomic E-state index is 11.1. The van der Waals surface area contributed by atoms with Crippen LogP contribution in [0.15, 0.2) is 60.8 Å². The van der Waals surface area contributed by atoms with E-state index >= 15 is 0 Å². The number of hydrogen-bond donors (Lipinski definition) is 2. The molecule has 0 aliphatic heterocycles. The van der Waals surface area contributed by atoms with Crippen molar-refractivity contribution in [1.29, 1.82) is 0 Å². The van der Waals surface area contributed by atoms with Crippen molar-refractivity contribution in [2.24, 2.45) is 0 Å². The molecule has 0 atom stereocenters. The normalized spacial score (nSPS) is 10.9. The Hall–Kier alpha value is -3.09. The molecule has 0 radical (unpaired) electrons. The summed E-state index contributed by atoms with van der Waals surface area (Å²) in [7, 11) is 0. The number of aromatic carboxylic acids is 1. The van der Waals surface area contributed by atoms with E-state index in [1.54, 1.807) is 53.2 Å². The smallest absolute Gasteiger partial charge is 0.335 e. The van der Waals surface area contributed by atoms with Crippen LogP contribution in [0, 0.1) is 0 Å². The SMILES string of the molecule is O=C(O)c1ccc(-c2cc(NCc3ccc(Cl)cc3Cl)n3nccc3n2)cc1. The number of halogens is 2. The van der Waals surface area contributed by atoms with E-state index in [1.165, 1.54) is 0 Å². The first kappa shape index (κ1) is 18.3. The summed E-state index contributed by atoms with van der Waals surface area (Å²) in [6.07, 6.45) is 1.67. The summed E-state index contributed by atoms with van der Waals surface area (Å²) >= 11 is 12.2. The highest BCUT2D eigenvalue weighted by Crippen LogP contribution is 2.25. The van der Waals surface area contributed by atoms with Crippen molar-refractivity contribution in [3.63, 3.8) is 0 Å². The second-order valence-corrected chi connectivity index (χ2v) is 6.94. The lowest BCUT2D eigenvalue weighted by Gasteiger charge is -2.12. The fourth-order valence-corrected chi connectivity index (χ4v) is 3.30. The lowest BCUT2D eigenvalue weighted by atomic mass is 10.1. The molecule has 0 saturated carbocycles. The number of anilines is 1. The average Bonchev–Trinajstić information content (AvgIpc) is 3.16. The zero-order valence-electron chi connectivity index (χ0n) is 14.4. The number of hydrogen-bond acceptors (Lipinski definition) is 4. The van der Waals surface area contributed by atoms with Crippen LogP contribution < -0.4 is 5.32 Å². The topological polar surface area (TPSA) is 79.5 Å².